The molecular formula is C33H19BN4S. The van der Waals surface area contributed by atoms with Crippen molar-refractivity contribution in [1.82, 2.24) is 13.9 Å². The average Bonchev–Trinajstić information content (AvgIpc) is 3.76. The number of benzene rings is 5. The van der Waals surface area contributed by atoms with E-state index >= 15 is 0 Å². The molecule has 8 aromatic rings. The van der Waals surface area contributed by atoms with Crippen LogP contribution in [-0.4, -0.2) is 21.1 Å². The minimum absolute atomic E-state index is 0.0339. The van der Waals surface area contributed by atoms with E-state index in [1.165, 1.54) is 70.0 Å². The Morgan fingerprint density at radius 2 is 1.44 bits per heavy atom. The van der Waals surface area contributed by atoms with Gasteiger partial charge >= 0.3 is 7.12 Å². The Labute approximate surface area is 228 Å². The van der Waals surface area contributed by atoms with E-state index in [0.29, 0.717) is 0 Å². The second-order valence-electron chi connectivity index (χ2n) is 10.5. The van der Waals surface area contributed by atoms with Crippen molar-refractivity contribution in [3.05, 3.63) is 116 Å². The Bertz CT molecular complexity index is 2320. The number of hydrogen-bond donors (Lipinski definition) is 0. The van der Waals surface area contributed by atoms with Crippen LogP contribution in [0.25, 0.3) is 64.5 Å². The van der Waals surface area contributed by atoms with Gasteiger partial charge in [0.15, 0.2) is 0 Å². The highest BCUT2D eigenvalue weighted by molar-refractivity contribution is 7.25. The number of para-hydroxylation sites is 2. The molecule has 0 saturated carbocycles. The molecule has 180 valence electrons. The smallest absolute Gasteiger partial charge is 0.343 e. The molecule has 3 aromatic heterocycles. The van der Waals surface area contributed by atoms with Crippen molar-refractivity contribution in [2.24, 2.45) is 0 Å². The van der Waals surface area contributed by atoms with Crippen LogP contribution in [0.1, 0.15) is 0 Å². The molecule has 4 nitrogen and oxygen atoms in total. The van der Waals surface area contributed by atoms with E-state index in [0.717, 1.165) is 5.82 Å². The molecule has 0 fully saturated rings. The summed E-state index contributed by atoms with van der Waals surface area (Å²) in [6.45, 7) is 0. The summed E-state index contributed by atoms with van der Waals surface area (Å²) >= 11 is 1.87. The third-order valence-corrected chi connectivity index (χ3v) is 9.69. The van der Waals surface area contributed by atoms with E-state index in [2.05, 4.69) is 123 Å². The molecule has 0 N–H and O–H groups in total. The number of aromatic nitrogens is 3. The van der Waals surface area contributed by atoms with Gasteiger partial charge < -0.3 is 13.8 Å². The molecule has 5 heterocycles. The van der Waals surface area contributed by atoms with Crippen LogP contribution in [0.5, 0.6) is 0 Å². The third-order valence-electron chi connectivity index (χ3n) is 8.54. The first-order chi connectivity index (χ1) is 19.3. The summed E-state index contributed by atoms with van der Waals surface area (Å²) in [6, 6.07) is 38.0. The predicted octanol–water partition coefficient (Wildman–Crippen LogP) is 8.54. The number of imidazole rings is 1. The van der Waals surface area contributed by atoms with Gasteiger partial charge in [-0.2, -0.15) is 0 Å². The van der Waals surface area contributed by atoms with E-state index in [4.69, 9.17) is 4.98 Å². The number of anilines is 2. The lowest BCUT2D eigenvalue weighted by atomic mass is 9.84. The summed E-state index contributed by atoms with van der Waals surface area (Å²) in [7, 11) is -0.0339. The summed E-state index contributed by atoms with van der Waals surface area (Å²) in [5, 5.41) is 5.25. The maximum atomic E-state index is 4.79. The van der Waals surface area contributed by atoms with Crippen LogP contribution in [0, 0.1) is 0 Å². The number of nitrogens with zero attached hydrogens (tertiary/aromatic N) is 4. The van der Waals surface area contributed by atoms with Gasteiger partial charge in [-0.25, -0.2) is 4.98 Å². The van der Waals surface area contributed by atoms with Crippen molar-refractivity contribution in [3.8, 4) is 22.5 Å². The summed E-state index contributed by atoms with van der Waals surface area (Å²) in [6.07, 6.45) is 4.04. The zero-order valence-corrected chi connectivity index (χ0v) is 21.6. The monoisotopic (exact) mass is 514 g/mol. The van der Waals surface area contributed by atoms with E-state index in [9.17, 15) is 0 Å². The van der Waals surface area contributed by atoms with Crippen molar-refractivity contribution in [2.75, 3.05) is 4.81 Å². The van der Waals surface area contributed by atoms with Crippen LogP contribution >= 0.6 is 11.3 Å². The first-order valence-corrected chi connectivity index (χ1v) is 14.1. The summed E-state index contributed by atoms with van der Waals surface area (Å²) in [5.41, 5.74) is 8.63. The Hall–Kier alpha value is -4.81. The Morgan fingerprint density at radius 1 is 0.641 bits per heavy atom. The van der Waals surface area contributed by atoms with E-state index in [1.54, 1.807) is 0 Å². The van der Waals surface area contributed by atoms with Gasteiger partial charge in [0, 0.05) is 60.1 Å². The number of rotatable bonds is 1. The molecule has 0 spiro atoms. The zero-order valence-electron chi connectivity index (χ0n) is 20.7. The first kappa shape index (κ1) is 20.2. The standard InChI is InChI=1S/C33H19BN4S/c1-4-10-27-22(7-1)26-18-21(20-13-14-31-25(17-20)23-8-3-6-12-30(23)39-31)19-29-32(26)38(27)34-36-16-15-35-33(36)24-9-2-5-11-28(24)37(29)34/h1-19H. The largest absolute Gasteiger partial charge is 0.519 e. The second kappa shape index (κ2) is 6.98. The fraction of sp³-hybridized carbons (Fsp3) is 0. The third kappa shape index (κ3) is 2.43. The first-order valence-electron chi connectivity index (χ1n) is 13.2. The molecule has 0 bridgehead atoms. The topological polar surface area (TPSA) is 26.0 Å². The Morgan fingerprint density at radius 3 is 2.41 bits per heavy atom. The molecule has 0 aliphatic carbocycles. The van der Waals surface area contributed by atoms with Crippen molar-refractivity contribution in [3.63, 3.8) is 0 Å². The molecule has 0 saturated heterocycles. The maximum absolute atomic E-state index is 4.79. The maximum Gasteiger partial charge on any atom is 0.519 e. The molecule has 0 unspecified atom stereocenters. The average molecular weight is 514 g/mol. The molecule has 10 rings (SSSR count). The van der Waals surface area contributed by atoms with Crippen LogP contribution in [0.4, 0.5) is 11.4 Å². The van der Waals surface area contributed by atoms with Crippen molar-refractivity contribution >= 4 is 71.8 Å². The second-order valence-corrected chi connectivity index (χ2v) is 11.6. The van der Waals surface area contributed by atoms with E-state index in [-0.39, 0.29) is 7.12 Å². The zero-order chi connectivity index (χ0) is 25.2. The summed E-state index contributed by atoms with van der Waals surface area (Å²) in [4.78, 5) is 7.29. The Balaban J connectivity index is 1.31. The molecule has 5 aromatic carbocycles. The number of hydrogen-bond acceptors (Lipinski definition) is 3. The minimum Gasteiger partial charge on any atom is -0.343 e. The van der Waals surface area contributed by atoms with Gasteiger partial charge in [-0.15, -0.1) is 11.3 Å². The molecular weight excluding hydrogens is 495 g/mol. The van der Waals surface area contributed by atoms with Gasteiger partial charge in [-0.3, -0.25) is 0 Å². The van der Waals surface area contributed by atoms with Gasteiger partial charge in [0.25, 0.3) is 0 Å². The lowest BCUT2D eigenvalue weighted by Gasteiger charge is -2.33. The lowest BCUT2D eigenvalue weighted by molar-refractivity contribution is 1.06. The SMILES string of the molecule is c1ccc2c(c1)-c1nccn1B1N2c2cc(-c3ccc4sc5ccccc5c4c3)cc3c4ccccc4n1c23. The molecule has 6 heteroatoms. The Kier molecular flexibility index (Phi) is 3.62. The van der Waals surface area contributed by atoms with Crippen LogP contribution in [0.15, 0.2) is 116 Å². The van der Waals surface area contributed by atoms with E-state index in [1.807, 2.05) is 17.5 Å². The molecule has 0 amide bonds. The molecule has 39 heavy (non-hydrogen) atoms. The minimum atomic E-state index is -0.0339. The highest BCUT2D eigenvalue weighted by Crippen LogP contribution is 2.51. The normalized spacial score (nSPS) is 13.5. The van der Waals surface area contributed by atoms with Gasteiger partial charge in [-0.05, 0) is 59.7 Å². The molecule has 2 aliphatic heterocycles. The molecule has 0 radical (unpaired) electrons. The van der Waals surface area contributed by atoms with Gasteiger partial charge in [-0.1, -0.05) is 54.6 Å². The molecule has 0 atom stereocenters. The van der Waals surface area contributed by atoms with Gasteiger partial charge in [0.05, 0.1) is 11.2 Å². The van der Waals surface area contributed by atoms with Crippen LogP contribution in [0.3, 0.4) is 0 Å². The van der Waals surface area contributed by atoms with E-state index < -0.39 is 0 Å². The molecule has 2 aliphatic rings. The number of thiophene rings is 1. The van der Waals surface area contributed by atoms with Crippen molar-refractivity contribution in [2.45, 2.75) is 0 Å². The van der Waals surface area contributed by atoms with Crippen LogP contribution in [-0.2, 0) is 0 Å². The van der Waals surface area contributed by atoms with Crippen molar-refractivity contribution < 1.29 is 0 Å². The fourth-order valence-electron chi connectivity index (χ4n) is 6.93. The highest BCUT2D eigenvalue weighted by Gasteiger charge is 2.46. The lowest BCUT2D eigenvalue weighted by Crippen LogP contribution is -2.47. The highest BCUT2D eigenvalue weighted by atomic mass is 32.1. The quantitative estimate of drug-likeness (QED) is 0.205. The predicted molar refractivity (Wildman–Crippen MR) is 164 cm³/mol. The number of fused-ring (bicyclic) bond motifs is 14. The van der Waals surface area contributed by atoms with Crippen LogP contribution < -0.4 is 4.81 Å². The van der Waals surface area contributed by atoms with Crippen molar-refractivity contribution in [1.29, 1.82) is 0 Å². The summed E-state index contributed by atoms with van der Waals surface area (Å²) < 4.78 is 7.49. The fourth-order valence-corrected chi connectivity index (χ4v) is 8.02. The van der Waals surface area contributed by atoms with Gasteiger partial charge in [0.1, 0.15) is 5.82 Å². The summed E-state index contributed by atoms with van der Waals surface area (Å²) in [5.74, 6) is 1.01. The van der Waals surface area contributed by atoms with Crippen LogP contribution in [0.2, 0.25) is 0 Å². The van der Waals surface area contributed by atoms with Gasteiger partial charge in [0.2, 0.25) is 0 Å².